The smallest absolute Gasteiger partial charge is 0.124 e. The molecule has 3 nitrogen and oxygen atoms in total. The first-order chi connectivity index (χ1) is 7.84. The van der Waals surface area contributed by atoms with Crippen LogP contribution < -0.4 is 10.1 Å². The maximum Gasteiger partial charge on any atom is 0.124 e. The highest BCUT2D eigenvalue weighted by atomic mass is 16.5. The standard InChI is InChI=1S/C13H18N2O/c1-10-8-15(7-6-14-10)12-9-16-13-5-3-2-4-11(12)13/h2-5,10,12,14H,6-9H2,1H3. The van der Waals surface area contributed by atoms with Crippen molar-refractivity contribution < 1.29 is 4.74 Å². The number of rotatable bonds is 1. The van der Waals surface area contributed by atoms with Gasteiger partial charge in [-0.3, -0.25) is 4.90 Å². The van der Waals surface area contributed by atoms with Crippen molar-refractivity contribution in [3.05, 3.63) is 29.8 Å². The van der Waals surface area contributed by atoms with Crippen molar-refractivity contribution in [3.63, 3.8) is 0 Å². The van der Waals surface area contributed by atoms with Crippen LogP contribution in [0.4, 0.5) is 0 Å². The van der Waals surface area contributed by atoms with Gasteiger partial charge in [-0.2, -0.15) is 0 Å². The minimum Gasteiger partial charge on any atom is -0.491 e. The number of fused-ring (bicyclic) bond motifs is 1. The van der Waals surface area contributed by atoms with E-state index < -0.39 is 0 Å². The van der Waals surface area contributed by atoms with Crippen molar-refractivity contribution in [1.82, 2.24) is 10.2 Å². The SMILES string of the molecule is CC1CN(C2COc3ccccc32)CCN1. The largest absolute Gasteiger partial charge is 0.491 e. The highest BCUT2D eigenvalue weighted by molar-refractivity contribution is 5.39. The lowest BCUT2D eigenvalue weighted by Gasteiger charge is -2.35. The molecule has 0 bridgehead atoms. The summed E-state index contributed by atoms with van der Waals surface area (Å²) >= 11 is 0. The minimum atomic E-state index is 0.459. The van der Waals surface area contributed by atoms with Crippen molar-refractivity contribution in [2.45, 2.75) is 19.0 Å². The Hall–Kier alpha value is -1.06. The normalized spacial score (nSPS) is 29.8. The molecule has 3 rings (SSSR count). The van der Waals surface area contributed by atoms with Gasteiger partial charge in [-0.15, -0.1) is 0 Å². The molecule has 2 atom stereocenters. The molecule has 2 unspecified atom stereocenters. The van der Waals surface area contributed by atoms with Gasteiger partial charge in [0.2, 0.25) is 0 Å². The number of hydrogen-bond donors (Lipinski definition) is 1. The number of ether oxygens (including phenoxy) is 1. The average molecular weight is 218 g/mol. The lowest BCUT2D eigenvalue weighted by Crippen LogP contribution is -2.50. The van der Waals surface area contributed by atoms with E-state index in [9.17, 15) is 0 Å². The van der Waals surface area contributed by atoms with E-state index >= 15 is 0 Å². The molecule has 3 heteroatoms. The Bertz CT molecular complexity index is 380. The maximum atomic E-state index is 5.74. The van der Waals surface area contributed by atoms with Gasteiger partial charge in [0.1, 0.15) is 12.4 Å². The Labute approximate surface area is 96.4 Å². The summed E-state index contributed by atoms with van der Waals surface area (Å²) in [5.41, 5.74) is 1.36. The second-order valence-corrected chi connectivity index (χ2v) is 4.71. The first-order valence-electron chi connectivity index (χ1n) is 6.04. The number of nitrogens with one attached hydrogen (secondary N) is 1. The number of hydrogen-bond acceptors (Lipinski definition) is 3. The Morgan fingerprint density at radius 1 is 1.38 bits per heavy atom. The molecule has 2 aliphatic rings. The van der Waals surface area contributed by atoms with E-state index in [0.717, 1.165) is 32.0 Å². The van der Waals surface area contributed by atoms with Crippen LogP contribution in [0.5, 0.6) is 5.75 Å². The lowest BCUT2D eigenvalue weighted by atomic mass is 10.1. The van der Waals surface area contributed by atoms with Crippen LogP contribution in [-0.4, -0.2) is 37.2 Å². The molecular formula is C13H18N2O. The van der Waals surface area contributed by atoms with E-state index in [-0.39, 0.29) is 0 Å². The molecule has 0 spiro atoms. The molecule has 1 aromatic rings. The van der Waals surface area contributed by atoms with E-state index in [2.05, 4.69) is 35.3 Å². The van der Waals surface area contributed by atoms with E-state index in [1.54, 1.807) is 0 Å². The van der Waals surface area contributed by atoms with Gasteiger partial charge in [-0.25, -0.2) is 0 Å². The van der Waals surface area contributed by atoms with E-state index in [0.29, 0.717) is 12.1 Å². The number of para-hydroxylation sites is 1. The van der Waals surface area contributed by atoms with Crippen LogP contribution in [0.15, 0.2) is 24.3 Å². The van der Waals surface area contributed by atoms with E-state index in [1.165, 1.54) is 5.56 Å². The first kappa shape index (κ1) is 10.1. The summed E-state index contributed by atoms with van der Waals surface area (Å²) in [6, 6.07) is 9.45. The number of nitrogens with zero attached hydrogens (tertiary/aromatic N) is 1. The highest BCUT2D eigenvalue weighted by Crippen LogP contribution is 2.35. The lowest BCUT2D eigenvalue weighted by molar-refractivity contribution is 0.127. The zero-order valence-corrected chi connectivity index (χ0v) is 9.65. The minimum absolute atomic E-state index is 0.459. The molecule has 2 heterocycles. The summed E-state index contributed by atoms with van der Waals surface area (Å²) in [7, 11) is 0. The Kier molecular flexibility index (Phi) is 2.58. The van der Waals surface area contributed by atoms with Gasteiger partial charge in [0.05, 0.1) is 6.04 Å². The van der Waals surface area contributed by atoms with Crippen molar-refractivity contribution in [3.8, 4) is 5.75 Å². The molecule has 0 radical (unpaired) electrons. The molecule has 1 N–H and O–H groups in total. The van der Waals surface area contributed by atoms with Crippen LogP contribution in [0, 0.1) is 0 Å². The van der Waals surface area contributed by atoms with Crippen LogP contribution in [0.1, 0.15) is 18.5 Å². The molecule has 0 aromatic heterocycles. The van der Waals surface area contributed by atoms with Crippen LogP contribution in [0.3, 0.4) is 0 Å². The van der Waals surface area contributed by atoms with Gasteiger partial charge in [0.15, 0.2) is 0 Å². The Morgan fingerprint density at radius 3 is 3.12 bits per heavy atom. The zero-order chi connectivity index (χ0) is 11.0. The van der Waals surface area contributed by atoms with Crippen LogP contribution >= 0.6 is 0 Å². The van der Waals surface area contributed by atoms with E-state index in [4.69, 9.17) is 4.74 Å². The summed E-state index contributed by atoms with van der Waals surface area (Å²) in [5.74, 6) is 1.07. The fraction of sp³-hybridized carbons (Fsp3) is 0.538. The molecule has 1 fully saturated rings. The van der Waals surface area contributed by atoms with Crippen molar-refractivity contribution in [2.24, 2.45) is 0 Å². The van der Waals surface area contributed by atoms with Gasteiger partial charge in [0.25, 0.3) is 0 Å². The highest BCUT2D eigenvalue weighted by Gasteiger charge is 2.31. The van der Waals surface area contributed by atoms with Gasteiger partial charge >= 0.3 is 0 Å². The Balaban J connectivity index is 1.81. The fourth-order valence-electron chi connectivity index (χ4n) is 2.69. The summed E-state index contributed by atoms with van der Waals surface area (Å²) < 4.78 is 5.74. The Morgan fingerprint density at radius 2 is 2.25 bits per heavy atom. The third kappa shape index (κ3) is 1.70. The predicted octanol–water partition coefficient (Wildman–Crippen LogP) is 1.41. The average Bonchev–Trinajstić information content (AvgIpc) is 2.72. The molecule has 86 valence electrons. The van der Waals surface area contributed by atoms with Gasteiger partial charge in [-0.05, 0) is 13.0 Å². The van der Waals surface area contributed by atoms with Gasteiger partial charge in [-0.1, -0.05) is 18.2 Å². The van der Waals surface area contributed by atoms with Crippen LogP contribution in [0.2, 0.25) is 0 Å². The van der Waals surface area contributed by atoms with Crippen molar-refractivity contribution >= 4 is 0 Å². The third-order valence-electron chi connectivity index (χ3n) is 3.52. The van der Waals surface area contributed by atoms with Crippen molar-refractivity contribution in [2.75, 3.05) is 26.2 Å². The maximum absolute atomic E-state index is 5.74. The van der Waals surface area contributed by atoms with E-state index in [1.807, 2.05) is 6.07 Å². The third-order valence-corrected chi connectivity index (χ3v) is 3.52. The van der Waals surface area contributed by atoms with Crippen molar-refractivity contribution in [1.29, 1.82) is 0 Å². The second kappa shape index (κ2) is 4.07. The molecule has 2 aliphatic heterocycles. The summed E-state index contributed by atoms with van der Waals surface area (Å²) in [6.07, 6.45) is 0. The van der Waals surface area contributed by atoms with Gasteiger partial charge < -0.3 is 10.1 Å². The molecule has 16 heavy (non-hydrogen) atoms. The predicted molar refractivity (Wildman–Crippen MR) is 63.7 cm³/mol. The van der Waals surface area contributed by atoms with Crippen LogP contribution in [-0.2, 0) is 0 Å². The molecule has 0 amide bonds. The molecule has 1 aromatic carbocycles. The number of benzene rings is 1. The molecular weight excluding hydrogens is 200 g/mol. The quantitative estimate of drug-likeness (QED) is 0.771. The zero-order valence-electron chi connectivity index (χ0n) is 9.65. The summed E-state index contributed by atoms with van der Waals surface area (Å²) in [6.45, 7) is 6.37. The molecule has 0 aliphatic carbocycles. The number of piperazine rings is 1. The second-order valence-electron chi connectivity index (χ2n) is 4.71. The topological polar surface area (TPSA) is 24.5 Å². The fourth-order valence-corrected chi connectivity index (χ4v) is 2.69. The van der Waals surface area contributed by atoms with Crippen LogP contribution in [0.25, 0.3) is 0 Å². The monoisotopic (exact) mass is 218 g/mol. The summed E-state index contributed by atoms with van der Waals surface area (Å²) in [5, 5.41) is 3.48. The van der Waals surface area contributed by atoms with Gasteiger partial charge in [0, 0.05) is 31.2 Å². The first-order valence-corrected chi connectivity index (χ1v) is 6.04. The molecule has 1 saturated heterocycles. The molecule has 0 saturated carbocycles. The summed E-state index contributed by atoms with van der Waals surface area (Å²) in [4.78, 5) is 2.53.